The van der Waals surface area contributed by atoms with Crippen molar-refractivity contribution < 1.29 is 0 Å². The van der Waals surface area contributed by atoms with E-state index in [4.69, 9.17) is 11.6 Å². The van der Waals surface area contributed by atoms with E-state index in [1.165, 1.54) is 49.7 Å². The van der Waals surface area contributed by atoms with Crippen LogP contribution in [0.4, 0.5) is 0 Å². The predicted octanol–water partition coefficient (Wildman–Crippen LogP) is 4.75. The molecule has 19 heavy (non-hydrogen) atoms. The van der Waals surface area contributed by atoms with Crippen molar-refractivity contribution in [2.24, 2.45) is 5.92 Å². The molecule has 1 aliphatic carbocycles. The maximum Gasteiger partial charge on any atom is 0.0441 e. The lowest BCUT2D eigenvalue weighted by Gasteiger charge is -2.26. The third kappa shape index (κ3) is 4.22. The van der Waals surface area contributed by atoms with Gasteiger partial charge in [0, 0.05) is 11.1 Å². The molecule has 0 amide bonds. The summed E-state index contributed by atoms with van der Waals surface area (Å²) >= 11 is 6.37. The molecule has 2 heteroatoms. The Hall–Kier alpha value is -0.530. The van der Waals surface area contributed by atoms with Crippen LogP contribution in [0.5, 0.6) is 0 Å². The highest BCUT2D eigenvalue weighted by molar-refractivity contribution is 6.31. The molecule has 0 spiro atoms. The molecule has 0 heterocycles. The van der Waals surface area contributed by atoms with Crippen molar-refractivity contribution in [3.8, 4) is 0 Å². The maximum absolute atomic E-state index is 6.37. The molecule has 0 saturated heterocycles. The highest BCUT2D eigenvalue weighted by atomic mass is 35.5. The molecule has 106 valence electrons. The van der Waals surface area contributed by atoms with Gasteiger partial charge in [-0.3, -0.25) is 0 Å². The molecule has 1 N–H and O–H groups in total. The van der Waals surface area contributed by atoms with Crippen LogP contribution in [0.25, 0.3) is 0 Å². The Morgan fingerprint density at radius 2 is 1.89 bits per heavy atom. The van der Waals surface area contributed by atoms with E-state index in [1.54, 1.807) is 0 Å². The van der Waals surface area contributed by atoms with Crippen molar-refractivity contribution in [1.82, 2.24) is 5.32 Å². The Morgan fingerprint density at radius 1 is 1.21 bits per heavy atom. The molecule has 1 aromatic carbocycles. The number of hydrogen-bond donors (Lipinski definition) is 1. The number of aryl methyl sites for hydroxylation is 1. The summed E-state index contributed by atoms with van der Waals surface area (Å²) in [5.74, 6) is 0.810. The number of hydrogen-bond acceptors (Lipinski definition) is 1. The van der Waals surface area contributed by atoms with Gasteiger partial charge >= 0.3 is 0 Å². The minimum absolute atomic E-state index is 0.568. The van der Waals surface area contributed by atoms with Gasteiger partial charge in [-0.1, -0.05) is 49.4 Å². The first kappa shape index (κ1) is 14.9. The van der Waals surface area contributed by atoms with Gasteiger partial charge in [-0.05, 0) is 56.3 Å². The van der Waals surface area contributed by atoms with Crippen LogP contribution in [0.2, 0.25) is 5.02 Å². The Bertz CT molecular complexity index is 394. The lowest BCUT2D eigenvalue weighted by atomic mass is 9.87. The summed E-state index contributed by atoms with van der Waals surface area (Å²) in [6, 6.07) is 7.01. The topological polar surface area (TPSA) is 12.0 Å². The van der Waals surface area contributed by atoms with Crippen LogP contribution in [0.1, 0.15) is 49.7 Å². The SMILES string of the molecule is CNC(Cc1ccc(C)cc1Cl)C1CCCCCC1. The first-order valence-electron chi connectivity index (χ1n) is 7.63. The van der Waals surface area contributed by atoms with Gasteiger partial charge in [-0.25, -0.2) is 0 Å². The summed E-state index contributed by atoms with van der Waals surface area (Å²) < 4.78 is 0. The van der Waals surface area contributed by atoms with Crippen molar-refractivity contribution in [2.45, 2.75) is 57.9 Å². The minimum atomic E-state index is 0.568. The summed E-state index contributed by atoms with van der Waals surface area (Å²) in [5.41, 5.74) is 2.53. The lowest BCUT2D eigenvalue weighted by molar-refractivity contribution is 0.332. The summed E-state index contributed by atoms with van der Waals surface area (Å²) in [7, 11) is 2.09. The summed E-state index contributed by atoms with van der Waals surface area (Å²) in [6.07, 6.45) is 9.41. The smallest absolute Gasteiger partial charge is 0.0441 e. The molecule has 1 atom stereocenters. The zero-order chi connectivity index (χ0) is 13.7. The van der Waals surface area contributed by atoms with Gasteiger partial charge in [0.1, 0.15) is 0 Å². The standard InChI is InChI=1S/C17H26ClN/c1-13-9-10-15(16(18)11-13)12-17(19-2)14-7-5-3-4-6-8-14/h9-11,14,17,19H,3-8,12H2,1-2H3. The Balaban J connectivity index is 2.04. The molecular formula is C17H26ClN. The van der Waals surface area contributed by atoms with Crippen LogP contribution in [0.15, 0.2) is 18.2 Å². The highest BCUT2D eigenvalue weighted by Gasteiger charge is 2.22. The van der Waals surface area contributed by atoms with Crippen LogP contribution < -0.4 is 5.32 Å². The minimum Gasteiger partial charge on any atom is -0.316 e. The molecule has 1 unspecified atom stereocenters. The summed E-state index contributed by atoms with van der Waals surface area (Å²) in [4.78, 5) is 0. The first-order valence-corrected chi connectivity index (χ1v) is 8.01. The fourth-order valence-electron chi connectivity index (χ4n) is 3.27. The van der Waals surface area contributed by atoms with E-state index >= 15 is 0 Å². The Morgan fingerprint density at radius 3 is 2.47 bits per heavy atom. The van der Waals surface area contributed by atoms with Crippen molar-refractivity contribution in [2.75, 3.05) is 7.05 Å². The number of benzene rings is 1. The van der Waals surface area contributed by atoms with E-state index < -0.39 is 0 Å². The van der Waals surface area contributed by atoms with Crippen LogP contribution in [0.3, 0.4) is 0 Å². The number of nitrogens with one attached hydrogen (secondary N) is 1. The van der Waals surface area contributed by atoms with Crippen LogP contribution >= 0.6 is 11.6 Å². The second kappa shape index (κ2) is 7.31. The van der Waals surface area contributed by atoms with E-state index in [1.807, 2.05) is 0 Å². The van der Waals surface area contributed by atoms with E-state index in [2.05, 4.69) is 37.5 Å². The molecule has 2 rings (SSSR count). The van der Waals surface area contributed by atoms with Gasteiger partial charge in [0.05, 0.1) is 0 Å². The quantitative estimate of drug-likeness (QED) is 0.785. The average molecular weight is 280 g/mol. The molecular weight excluding hydrogens is 254 g/mol. The second-order valence-corrected chi connectivity index (χ2v) is 6.35. The molecule has 1 aliphatic rings. The van der Waals surface area contributed by atoms with E-state index in [9.17, 15) is 0 Å². The van der Waals surface area contributed by atoms with E-state index in [0.29, 0.717) is 6.04 Å². The first-order chi connectivity index (χ1) is 9.20. The van der Waals surface area contributed by atoms with Crippen LogP contribution in [0, 0.1) is 12.8 Å². The number of likely N-dealkylation sites (N-methyl/N-ethyl adjacent to an activating group) is 1. The second-order valence-electron chi connectivity index (χ2n) is 5.95. The molecule has 1 saturated carbocycles. The van der Waals surface area contributed by atoms with Gasteiger partial charge in [0.2, 0.25) is 0 Å². The highest BCUT2D eigenvalue weighted by Crippen LogP contribution is 2.28. The van der Waals surface area contributed by atoms with Crippen molar-refractivity contribution in [1.29, 1.82) is 0 Å². The maximum atomic E-state index is 6.37. The number of halogens is 1. The van der Waals surface area contributed by atoms with Gasteiger partial charge in [0.15, 0.2) is 0 Å². The largest absolute Gasteiger partial charge is 0.316 e. The van der Waals surface area contributed by atoms with Crippen molar-refractivity contribution >= 4 is 11.6 Å². The summed E-state index contributed by atoms with van der Waals surface area (Å²) in [5, 5.41) is 4.46. The van der Waals surface area contributed by atoms with Gasteiger partial charge in [0.25, 0.3) is 0 Å². The third-order valence-corrected chi connectivity index (χ3v) is 4.84. The molecule has 0 bridgehead atoms. The molecule has 1 fully saturated rings. The molecule has 0 aromatic heterocycles. The molecule has 1 nitrogen and oxygen atoms in total. The number of rotatable bonds is 4. The fraction of sp³-hybridized carbons (Fsp3) is 0.647. The zero-order valence-corrected chi connectivity index (χ0v) is 13.0. The Kier molecular flexibility index (Phi) is 5.72. The van der Waals surface area contributed by atoms with Gasteiger partial charge in [-0.15, -0.1) is 0 Å². The monoisotopic (exact) mass is 279 g/mol. The lowest BCUT2D eigenvalue weighted by Crippen LogP contribution is -2.35. The predicted molar refractivity (Wildman–Crippen MR) is 83.9 cm³/mol. The summed E-state index contributed by atoms with van der Waals surface area (Å²) in [6.45, 7) is 2.09. The van der Waals surface area contributed by atoms with Crippen molar-refractivity contribution in [3.63, 3.8) is 0 Å². The van der Waals surface area contributed by atoms with Gasteiger partial charge in [-0.2, -0.15) is 0 Å². The van der Waals surface area contributed by atoms with E-state index in [-0.39, 0.29) is 0 Å². The molecule has 1 aromatic rings. The zero-order valence-electron chi connectivity index (χ0n) is 12.2. The molecule has 0 radical (unpaired) electrons. The fourth-order valence-corrected chi connectivity index (χ4v) is 3.58. The average Bonchev–Trinajstić information content (AvgIpc) is 2.67. The third-order valence-electron chi connectivity index (χ3n) is 4.49. The Labute approximate surface area is 122 Å². The van der Waals surface area contributed by atoms with Crippen LogP contribution in [-0.4, -0.2) is 13.1 Å². The normalized spacial score (nSPS) is 19.1. The molecule has 0 aliphatic heterocycles. The van der Waals surface area contributed by atoms with Gasteiger partial charge < -0.3 is 5.32 Å². The van der Waals surface area contributed by atoms with Crippen LogP contribution in [-0.2, 0) is 6.42 Å². The van der Waals surface area contributed by atoms with E-state index in [0.717, 1.165) is 17.4 Å². The van der Waals surface area contributed by atoms with Crippen molar-refractivity contribution in [3.05, 3.63) is 34.3 Å².